The number of anilines is 1. The van der Waals surface area contributed by atoms with Crippen LogP contribution in [0.3, 0.4) is 0 Å². The van der Waals surface area contributed by atoms with Crippen LogP contribution in [-0.4, -0.2) is 68.6 Å². The van der Waals surface area contributed by atoms with Gasteiger partial charge in [0.25, 0.3) is 23.1 Å². The van der Waals surface area contributed by atoms with Crippen LogP contribution in [0.15, 0.2) is 36.7 Å². The maximum absolute atomic E-state index is 13.3. The van der Waals surface area contributed by atoms with E-state index in [1.807, 2.05) is 0 Å². The number of hydrogen-bond donors (Lipinski definition) is 2. The Balaban J connectivity index is 1.67. The molecular weight excluding hydrogens is 403 g/mol. The fourth-order valence-corrected chi connectivity index (χ4v) is 3.36. The minimum absolute atomic E-state index is 0.163. The van der Waals surface area contributed by atoms with Gasteiger partial charge in [-0.05, 0) is 18.2 Å². The van der Waals surface area contributed by atoms with Crippen molar-refractivity contribution in [2.24, 2.45) is 0 Å². The van der Waals surface area contributed by atoms with Crippen molar-refractivity contribution in [1.82, 2.24) is 14.8 Å². The second-order valence-corrected chi connectivity index (χ2v) is 6.94. The largest absolute Gasteiger partial charge is 0.496 e. The molecule has 29 heavy (non-hydrogen) atoms. The molecule has 3 rings (SSSR count). The standard InChI is InChI=1S/C18H19FN4O5S/c1-28-16-9-14(21-29(26)27)2-3-15(16)18(25)23-6-4-22(5-7-23)17(24)12-8-13(19)11-20-10-12/h2-3,8-11,21H,4-7H2,1H3,(H,26,27). The topological polar surface area (TPSA) is 112 Å². The first-order valence-corrected chi connectivity index (χ1v) is 9.74. The van der Waals surface area contributed by atoms with Crippen molar-refractivity contribution in [3.8, 4) is 5.75 Å². The molecule has 0 spiro atoms. The van der Waals surface area contributed by atoms with Gasteiger partial charge in [-0.2, -0.15) is 0 Å². The second kappa shape index (κ2) is 8.97. The zero-order valence-electron chi connectivity index (χ0n) is 15.5. The Labute approximate surface area is 168 Å². The van der Waals surface area contributed by atoms with Crippen molar-refractivity contribution in [2.75, 3.05) is 38.0 Å². The summed E-state index contributed by atoms with van der Waals surface area (Å²) >= 11 is -2.24. The van der Waals surface area contributed by atoms with Crippen molar-refractivity contribution in [3.63, 3.8) is 0 Å². The van der Waals surface area contributed by atoms with Crippen molar-refractivity contribution in [3.05, 3.63) is 53.6 Å². The highest BCUT2D eigenvalue weighted by atomic mass is 32.2. The minimum Gasteiger partial charge on any atom is -0.496 e. The van der Waals surface area contributed by atoms with E-state index >= 15 is 0 Å². The summed E-state index contributed by atoms with van der Waals surface area (Å²) in [6, 6.07) is 5.59. The van der Waals surface area contributed by atoms with Gasteiger partial charge >= 0.3 is 0 Å². The van der Waals surface area contributed by atoms with E-state index in [2.05, 4.69) is 9.71 Å². The number of amides is 2. The summed E-state index contributed by atoms with van der Waals surface area (Å²) in [5, 5.41) is 0. The van der Waals surface area contributed by atoms with Crippen LogP contribution in [0.4, 0.5) is 10.1 Å². The molecule has 2 heterocycles. The third-order valence-corrected chi connectivity index (χ3v) is 4.85. The van der Waals surface area contributed by atoms with Crippen molar-refractivity contribution < 1.29 is 27.5 Å². The molecule has 2 amide bonds. The SMILES string of the molecule is COc1cc(NS(=O)O)ccc1C(=O)N1CCN(C(=O)c2cncc(F)c2)CC1. The Bertz CT molecular complexity index is 950. The number of methoxy groups -OCH3 is 1. The lowest BCUT2D eigenvalue weighted by molar-refractivity contribution is 0.0533. The smallest absolute Gasteiger partial charge is 0.259 e. The third kappa shape index (κ3) is 4.87. The summed E-state index contributed by atoms with van der Waals surface area (Å²) < 4.78 is 40.6. The van der Waals surface area contributed by atoms with Crippen LogP contribution in [0, 0.1) is 5.82 Å². The number of pyridine rings is 1. The van der Waals surface area contributed by atoms with Crippen molar-refractivity contribution >= 4 is 28.8 Å². The van der Waals surface area contributed by atoms with Gasteiger partial charge in [-0.15, -0.1) is 0 Å². The predicted octanol–water partition coefficient (Wildman–Crippen LogP) is 1.38. The quantitative estimate of drug-likeness (QED) is 0.704. The van der Waals surface area contributed by atoms with E-state index in [4.69, 9.17) is 9.29 Å². The highest BCUT2D eigenvalue weighted by molar-refractivity contribution is 7.80. The molecule has 1 saturated heterocycles. The van der Waals surface area contributed by atoms with Crippen LogP contribution >= 0.6 is 0 Å². The number of halogens is 1. The molecule has 1 aromatic carbocycles. The molecule has 1 aromatic heterocycles. The lowest BCUT2D eigenvalue weighted by Gasteiger charge is -2.35. The van der Waals surface area contributed by atoms with Gasteiger partial charge in [0.1, 0.15) is 11.6 Å². The molecule has 2 N–H and O–H groups in total. The van der Waals surface area contributed by atoms with E-state index in [1.54, 1.807) is 9.80 Å². The normalized spacial score (nSPS) is 15.0. The monoisotopic (exact) mass is 422 g/mol. The molecule has 1 unspecified atom stereocenters. The summed E-state index contributed by atoms with van der Waals surface area (Å²) in [5.41, 5.74) is 0.796. The van der Waals surface area contributed by atoms with Crippen LogP contribution < -0.4 is 9.46 Å². The lowest BCUT2D eigenvalue weighted by atomic mass is 10.1. The van der Waals surface area contributed by atoms with Gasteiger partial charge < -0.3 is 14.5 Å². The van der Waals surface area contributed by atoms with Crippen LogP contribution in [0.25, 0.3) is 0 Å². The van der Waals surface area contributed by atoms with Crippen molar-refractivity contribution in [1.29, 1.82) is 0 Å². The molecule has 154 valence electrons. The van der Waals surface area contributed by atoms with Gasteiger partial charge in [0.05, 0.1) is 30.1 Å². The van der Waals surface area contributed by atoms with Crippen LogP contribution in [0.5, 0.6) is 5.75 Å². The minimum atomic E-state index is -2.24. The lowest BCUT2D eigenvalue weighted by Crippen LogP contribution is -2.50. The average Bonchev–Trinajstić information content (AvgIpc) is 2.72. The Hall–Kier alpha value is -3.05. The summed E-state index contributed by atoms with van der Waals surface area (Å²) in [4.78, 5) is 32.1. The average molecular weight is 422 g/mol. The Kier molecular flexibility index (Phi) is 6.39. The maximum atomic E-state index is 13.3. The molecule has 1 aliphatic rings. The Morgan fingerprint density at radius 2 is 1.79 bits per heavy atom. The number of nitrogens with zero attached hydrogens (tertiary/aromatic N) is 3. The molecule has 0 bridgehead atoms. The fourth-order valence-electron chi connectivity index (χ4n) is 3.03. The number of rotatable bonds is 5. The second-order valence-electron chi connectivity index (χ2n) is 6.24. The molecule has 0 aliphatic carbocycles. The zero-order valence-corrected chi connectivity index (χ0v) is 16.3. The molecule has 9 nitrogen and oxygen atoms in total. The molecule has 1 fully saturated rings. The van der Waals surface area contributed by atoms with E-state index in [-0.39, 0.29) is 23.1 Å². The Morgan fingerprint density at radius 3 is 2.38 bits per heavy atom. The van der Waals surface area contributed by atoms with E-state index in [0.29, 0.717) is 37.4 Å². The maximum Gasteiger partial charge on any atom is 0.259 e. The first-order valence-electron chi connectivity index (χ1n) is 8.63. The van der Waals surface area contributed by atoms with E-state index in [1.165, 1.54) is 31.5 Å². The number of carbonyl (C=O) groups is 2. The third-order valence-electron chi connectivity index (χ3n) is 4.44. The first kappa shape index (κ1) is 20.7. The molecule has 0 radical (unpaired) electrons. The summed E-state index contributed by atoms with van der Waals surface area (Å²) in [7, 11) is 1.40. The van der Waals surface area contributed by atoms with Gasteiger partial charge in [-0.25, -0.2) is 8.60 Å². The number of nitrogens with one attached hydrogen (secondary N) is 1. The van der Waals surface area contributed by atoms with Gasteiger partial charge in [0.15, 0.2) is 0 Å². The molecule has 2 aromatic rings. The van der Waals surface area contributed by atoms with Gasteiger partial charge in [0.2, 0.25) is 0 Å². The first-order chi connectivity index (χ1) is 13.9. The number of hydrogen-bond acceptors (Lipinski definition) is 5. The summed E-state index contributed by atoms with van der Waals surface area (Å²) in [6.45, 7) is 1.20. The van der Waals surface area contributed by atoms with Crippen LogP contribution in [0.1, 0.15) is 20.7 Å². The van der Waals surface area contributed by atoms with E-state index < -0.39 is 17.1 Å². The Morgan fingerprint density at radius 1 is 1.14 bits per heavy atom. The van der Waals surface area contributed by atoms with Gasteiger partial charge in [-0.3, -0.25) is 23.8 Å². The van der Waals surface area contributed by atoms with Crippen LogP contribution in [0.2, 0.25) is 0 Å². The molecule has 0 saturated carbocycles. The molecule has 11 heteroatoms. The number of carbonyl (C=O) groups excluding carboxylic acids is 2. The number of piperazine rings is 1. The van der Waals surface area contributed by atoms with Gasteiger partial charge in [0, 0.05) is 38.4 Å². The number of aromatic nitrogens is 1. The molecular formula is C18H19FN4O5S. The van der Waals surface area contributed by atoms with E-state index in [9.17, 15) is 18.2 Å². The zero-order chi connectivity index (χ0) is 21.0. The molecule has 1 aliphatic heterocycles. The highest BCUT2D eigenvalue weighted by Crippen LogP contribution is 2.25. The van der Waals surface area contributed by atoms with E-state index in [0.717, 1.165) is 12.3 Å². The fraction of sp³-hybridized carbons (Fsp3) is 0.278. The predicted molar refractivity (Wildman–Crippen MR) is 103 cm³/mol. The number of benzene rings is 1. The summed E-state index contributed by atoms with van der Waals surface area (Å²) in [6.07, 6.45) is 2.34. The van der Waals surface area contributed by atoms with Crippen molar-refractivity contribution in [2.45, 2.75) is 0 Å². The molecule has 1 atom stereocenters. The highest BCUT2D eigenvalue weighted by Gasteiger charge is 2.27. The number of ether oxygens (including phenoxy) is 1. The van der Waals surface area contributed by atoms with Crippen LogP contribution in [-0.2, 0) is 11.3 Å². The summed E-state index contributed by atoms with van der Waals surface area (Å²) in [5.74, 6) is -0.943. The van der Waals surface area contributed by atoms with Gasteiger partial charge in [-0.1, -0.05) is 0 Å².